The van der Waals surface area contributed by atoms with Gasteiger partial charge in [0.25, 0.3) is 0 Å². The second kappa shape index (κ2) is 6.83. The molecule has 0 spiro atoms. The lowest BCUT2D eigenvalue weighted by Gasteiger charge is -2.23. The average molecular weight is 321 g/mol. The average Bonchev–Trinajstić information content (AvgIpc) is 2.44. The minimum absolute atomic E-state index is 0.111. The van der Waals surface area contributed by atoms with Crippen LogP contribution in [0.1, 0.15) is 18.9 Å². The van der Waals surface area contributed by atoms with E-state index in [0.29, 0.717) is 0 Å². The second-order valence-electron chi connectivity index (χ2n) is 4.26. The molecule has 1 aromatic rings. The molecule has 0 aromatic heterocycles. The van der Waals surface area contributed by atoms with Crippen LogP contribution in [0.4, 0.5) is 0 Å². The Morgan fingerprint density at radius 2 is 1.70 bits per heavy atom. The van der Waals surface area contributed by atoms with Crippen LogP contribution >= 0.6 is 7.60 Å². The molecule has 0 aliphatic heterocycles. The van der Waals surface area contributed by atoms with E-state index < -0.39 is 23.4 Å². The zero-order chi connectivity index (χ0) is 15.4. The third kappa shape index (κ3) is 3.90. The van der Waals surface area contributed by atoms with E-state index in [0.717, 1.165) is 5.56 Å². The van der Waals surface area contributed by atoms with Crippen molar-refractivity contribution in [2.24, 2.45) is 0 Å². The van der Waals surface area contributed by atoms with E-state index in [1.807, 2.05) is 6.92 Å². The Balaban J connectivity index is 3.05. The molecule has 6 nitrogen and oxygen atoms in total. The highest BCUT2D eigenvalue weighted by Gasteiger charge is 2.36. The number of hydrogen-bond acceptors (Lipinski definition) is 5. The highest BCUT2D eigenvalue weighted by molar-refractivity contribution is 7.89. The largest absolute Gasteiger partial charge is 0.347 e. The van der Waals surface area contributed by atoms with Crippen molar-refractivity contribution in [1.82, 2.24) is 4.72 Å². The molecule has 1 atom stereocenters. The van der Waals surface area contributed by atoms with E-state index in [9.17, 15) is 13.0 Å². The lowest BCUT2D eigenvalue weighted by atomic mass is 10.2. The van der Waals surface area contributed by atoms with Gasteiger partial charge in [-0.05, 0) is 25.5 Å². The summed E-state index contributed by atoms with van der Waals surface area (Å²) in [6.45, 7) is 3.57. The number of benzene rings is 1. The quantitative estimate of drug-likeness (QED) is 0.780. The summed E-state index contributed by atoms with van der Waals surface area (Å²) in [6.07, 6.45) is 0.282. The third-order valence-corrected chi connectivity index (χ3v) is 6.84. The molecule has 20 heavy (non-hydrogen) atoms. The van der Waals surface area contributed by atoms with Crippen LogP contribution in [-0.4, -0.2) is 28.4 Å². The lowest BCUT2D eigenvalue weighted by molar-refractivity contribution is 0.262. The van der Waals surface area contributed by atoms with Gasteiger partial charge in [0.2, 0.25) is 10.0 Å². The SMILES string of the molecule is CCC(NS(=O)(=O)c1ccc(C)cc1)P(=O)(OC)OC. The normalized spacial score (nSPS) is 14.2. The van der Waals surface area contributed by atoms with Crippen molar-refractivity contribution in [2.75, 3.05) is 14.2 Å². The van der Waals surface area contributed by atoms with Crippen molar-refractivity contribution in [3.63, 3.8) is 0 Å². The first kappa shape index (κ1) is 17.3. The Morgan fingerprint density at radius 3 is 2.10 bits per heavy atom. The smallest absolute Gasteiger partial charge is 0.311 e. The van der Waals surface area contributed by atoms with Gasteiger partial charge in [0.15, 0.2) is 0 Å². The van der Waals surface area contributed by atoms with E-state index in [-0.39, 0.29) is 11.3 Å². The van der Waals surface area contributed by atoms with Crippen LogP contribution in [-0.2, 0) is 23.6 Å². The van der Waals surface area contributed by atoms with Gasteiger partial charge in [-0.1, -0.05) is 24.6 Å². The molecular formula is C12H20NO5PS. The number of hydrogen-bond donors (Lipinski definition) is 1. The molecule has 0 amide bonds. The van der Waals surface area contributed by atoms with Crippen molar-refractivity contribution < 1.29 is 22.0 Å². The molecule has 1 rings (SSSR count). The molecule has 1 aromatic carbocycles. The standard InChI is InChI=1S/C12H20NO5PS/c1-5-12(19(14,17-3)18-4)13-20(15,16)11-8-6-10(2)7-9-11/h6-9,12-13H,5H2,1-4H3. The van der Waals surface area contributed by atoms with Gasteiger partial charge in [0, 0.05) is 14.2 Å². The summed E-state index contributed by atoms with van der Waals surface area (Å²) in [7, 11) is -4.82. The van der Waals surface area contributed by atoms with Gasteiger partial charge in [-0.3, -0.25) is 4.57 Å². The maximum atomic E-state index is 12.3. The van der Waals surface area contributed by atoms with Crippen LogP contribution in [0.25, 0.3) is 0 Å². The molecule has 8 heteroatoms. The number of rotatable bonds is 7. The maximum absolute atomic E-state index is 12.3. The second-order valence-corrected chi connectivity index (χ2v) is 8.41. The summed E-state index contributed by atoms with van der Waals surface area (Å²) in [4.78, 5) is 0.111. The third-order valence-electron chi connectivity index (χ3n) is 2.90. The zero-order valence-electron chi connectivity index (χ0n) is 12.0. The van der Waals surface area contributed by atoms with Crippen LogP contribution in [0.15, 0.2) is 29.2 Å². The summed E-state index contributed by atoms with van der Waals surface area (Å²) in [6, 6.07) is 6.38. The van der Waals surface area contributed by atoms with Crippen LogP contribution in [0, 0.1) is 6.92 Å². The van der Waals surface area contributed by atoms with Gasteiger partial charge < -0.3 is 9.05 Å². The van der Waals surface area contributed by atoms with E-state index in [1.165, 1.54) is 26.4 Å². The van der Waals surface area contributed by atoms with E-state index in [2.05, 4.69) is 4.72 Å². The van der Waals surface area contributed by atoms with Crippen molar-refractivity contribution in [1.29, 1.82) is 0 Å². The Morgan fingerprint density at radius 1 is 1.20 bits per heavy atom. The highest BCUT2D eigenvalue weighted by Crippen LogP contribution is 2.51. The first-order valence-electron chi connectivity index (χ1n) is 6.09. The molecule has 0 bridgehead atoms. The molecule has 0 aliphatic carbocycles. The first-order valence-corrected chi connectivity index (χ1v) is 9.18. The molecule has 0 saturated heterocycles. The van der Waals surface area contributed by atoms with Gasteiger partial charge in [0.1, 0.15) is 5.78 Å². The molecule has 114 valence electrons. The Kier molecular flexibility index (Phi) is 5.91. The van der Waals surface area contributed by atoms with Crippen LogP contribution < -0.4 is 4.72 Å². The van der Waals surface area contributed by atoms with E-state index in [1.54, 1.807) is 19.1 Å². The summed E-state index contributed by atoms with van der Waals surface area (Å²) in [5, 5.41) is 0. The fraction of sp³-hybridized carbons (Fsp3) is 0.500. The monoisotopic (exact) mass is 321 g/mol. The molecule has 0 fully saturated rings. The zero-order valence-corrected chi connectivity index (χ0v) is 13.7. The molecule has 1 unspecified atom stereocenters. The van der Waals surface area contributed by atoms with Gasteiger partial charge in [0.05, 0.1) is 4.90 Å². The van der Waals surface area contributed by atoms with E-state index in [4.69, 9.17) is 9.05 Å². The van der Waals surface area contributed by atoms with Crippen molar-refractivity contribution in [3.8, 4) is 0 Å². The Labute approximate surface area is 120 Å². The van der Waals surface area contributed by atoms with Gasteiger partial charge in [-0.15, -0.1) is 0 Å². The summed E-state index contributed by atoms with van der Waals surface area (Å²) in [5.41, 5.74) is 0.954. The van der Waals surface area contributed by atoms with Crippen molar-refractivity contribution >= 4 is 17.6 Å². The van der Waals surface area contributed by atoms with Crippen LogP contribution in [0.3, 0.4) is 0 Å². The Bertz CT molecular complexity index is 576. The van der Waals surface area contributed by atoms with E-state index >= 15 is 0 Å². The lowest BCUT2D eigenvalue weighted by Crippen LogP contribution is -2.35. The minimum Gasteiger partial charge on any atom is -0.311 e. The predicted octanol–water partition coefficient (Wildman–Crippen LogP) is 2.50. The summed E-state index contributed by atoms with van der Waals surface area (Å²) in [5.74, 6) is -0.927. The predicted molar refractivity (Wildman–Crippen MR) is 77.2 cm³/mol. The van der Waals surface area contributed by atoms with Crippen molar-refractivity contribution in [2.45, 2.75) is 30.9 Å². The van der Waals surface area contributed by atoms with Crippen molar-refractivity contribution in [3.05, 3.63) is 29.8 Å². The number of sulfonamides is 1. The number of nitrogens with one attached hydrogen (secondary N) is 1. The summed E-state index contributed by atoms with van der Waals surface area (Å²) < 4.78 is 48.8. The van der Waals surface area contributed by atoms with Gasteiger partial charge in [-0.2, -0.15) is 4.72 Å². The van der Waals surface area contributed by atoms with Gasteiger partial charge >= 0.3 is 7.60 Å². The molecule has 0 heterocycles. The molecular weight excluding hydrogens is 301 g/mol. The summed E-state index contributed by atoms with van der Waals surface area (Å²) >= 11 is 0. The first-order chi connectivity index (χ1) is 9.29. The molecule has 0 aliphatic rings. The molecule has 0 radical (unpaired) electrons. The van der Waals surface area contributed by atoms with Crippen LogP contribution in [0.2, 0.25) is 0 Å². The topological polar surface area (TPSA) is 81.7 Å². The molecule has 1 N–H and O–H groups in total. The fourth-order valence-corrected chi connectivity index (χ4v) is 4.86. The maximum Gasteiger partial charge on any atom is 0.347 e. The number of aryl methyl sites for hydroxylation is 1. The van der Waals surface area contributed by atoms with Crippen LogP contribution in [0.5, 0.6) is 0 Å². The fourth-order valence-electron chi connectivity index (χ4n) is 1.67. The minimum atomic E-state index is -3.77. The van der Waals surface area contributed by atoms with Gasteiger partial charge in [-0.25, -0.2) is 8.42 Å². The Hall–Kier alpha value is -0.720. The highest BCUT2D eigenvalue weighted by atomic mass is 32.2. The molecule has 0 saturated carbocycles.